The van der Waals surface area contributed by atoms with E-state index in [9.17, 15) is 43.2 Å². The molecule has 0 radical (unpaired) electrons. The molecule has 0 aromatic rings. The summed E-state index contributed by atoms with van der Waals surface area (Å²) in [5.74, 6) is -1.36. The molecule has 0 spiro atoms. The smallest absolute Gasteiger partial charge is 0.222 e. The number of hydrogen-bond acceptors (Lipinski definition) is 9. The van der Waals surface area contributed by atoms with E-state index in [1.807, 2.05) is 13.8 Å². The first kappa shape index (κ1) is 46.2. The van der Waals surface area contributed by atoms with Crippen molar-refractivity contribution >= 4 is 53.0 Å². The second-order valence-corrected chi connectivity index (χ2v) is 14.0. The number of aldehydes is 1. The van der Waals surface area contributed by atoms with Crippen molar-refractivity contribution in [1.29, 1.82) is 0 Å². The topological polar surface area (TPSA) is 202 Å². The summed E-state index contributed by atoms with van der Waals surface area (Å²) < 4.78 is 0. The maximum absolute atomic E-state index is 13.2. The molecule has 4 N–H and O–H groups in total. The Bertz CT molecular complexity index is 1140. The molecule has 0 bridgehead atoms. The van der Waals surface area contributed by atoms with Crippen LogP contribution in [0.1, 0.15) is 144 Å². The molecule has 0 rings (SSSR count). The molecule has 13 heteroatoms. The van der Waals surface area contributed by atoms with Crippen molar-refractivity contribution in [2.75, 3.05) is 6.54 Å². The first-order valence-electron chi connectivity index (χ1n) is 18.1. The number of rotatable bonds is 30. The predicted octanol–water partition coefficient (Wildman–Crippen LogP) is 3.63. The Morgan fingerprint density at radius 3 is 1.50 bits per heavy atom. The van der Waals surface area contributed by atoms with Gasteiger partial charge in [0.15, 0.2) is 0 Å². The number of hydrogen-bond donors (Lipinski definition) is 4. The molecule has 0 saturated heterocycles. The maximum Gasteiger partial charge on any atom is 0.222 e. The van der Waals surface area contributed by atoms with Gasteiger partial charge < -0.3 is 35.7 Å². The van der Waals surface area contributed by atoms with Gasteiger partial charge in [0, 0.05) is 82.5 Å². The number of ketones is 4. The highest BCUT2D eigenvalue weighted by molar-refractivity contribution is 5.83. The molecular weight excluding hydrogens is 644 g/mol. The summed E-state index contributed by atoms with van der Waals surface area (Å²) in [6.07, 6.45) is 5.83. The Labute approximate surface area is 298 Å². The van der Waals surface area contributed by atoms with Crippen LogP contribution in [0, 0.1) is 11.8 Å². The number of amides is 4. The average molecular weight is 707 g/mol. The summed E-state index contributed by atoms with van der Waals surface area (Å²) in [4.78, 5) is 108. The zero-order chi connectivity index (χ0) is 38.1. The lowest BCUT2D eigenvalue weighted by Gasteiger charge is -2.23. The number of carbonyl (C=O) groups is 9. The number of carbonyl (C=O) groups excluding carboxylic acids is 9. The number of Topliss-reactive ketones (excluding diaryl/α,β-unsaturated/α-hetero) is 4. The third-order valence-electron chi connectivity index (χ3n) is 8.30. The number of unbranched alkanes of at least 4 members (excludes halogenated alkanes) is 1. The Morgan fingerprint density at radius 2 is 0.940 bits per heavy atom. The molecule has 0 aliphatic carbocycles. The fourth-order valence-electron chi connectivity index (χ4n) is 5.60. The van der Waals surface area contributed by atoms with Gasteiger partial charge in [-0.25, -0.2) is 0 Å². The van der Waals surface area contributed by atoms with Gasteiger partial charge in [0.25, 0.3) is 0 Å². The van der Waals surface area contributed by atoms with Crippen molar-refractivity contribution in [3.8, 4) is 0 Å². The van der Waals surface area contributed by atoms with E-state index in [0.717, 1.165) is 6.29 Å². The van der Waals surface area contributed by atoms with Crippen LogP contribution in [0.4, 0.5) is 0 Å². The van der Waals surface area contributed by atoms with Gasteiger partial charge in [-0.15, -0.1) is 0 Å². The van der Waals surface area contributed by atoms with Crippen molar-refractivity contribution in [3.63, 3.8) is 0 Å². The number of nitrogens with one attached hydrogen (secondary N) is 4. The van der Waals surface area contributed by atoms with Crippen LogP contribution in [0.25, 0.3) is 0 Å². The van der Waals surface area contributed by atoms with E-state index in [4.69, 9.17) is 0 Å². The second-order valence-electron chi connectivity index (χ2n) is 14.0. The van der Waals surface area contributed by atoms with Crippen LogP contribution >= 0.6 is 0 Å². The lowest BCUT2D eigenvalue weighted by molar-refractivity contribution is -0.127. The van der Waals surface area contributed by atoms with Gasteiger partial charge in [0.05, 0.1) is 0 Å². The summed E-state index contributed by atoms with van der Waals surface area (Å²) >= 11 is 0. The van der Waals surface area contributed by atoms with Crippen molar-refractivity contribution in [1.82, 2.24) is 21.3 Å². The lowest BCUT2D eigenvalue weighted by Crippen LogP contribution is -2.43. The van der Waals surface area contributed by atoms with Crippen molar-refractivity contribution < 1.29 is 43.2 Å². The third-order valence-corrected chi connectivity index (χ3v) is 8.30. The zero-order valence-corrected chi connectivity index (χ0v) is 31.2. The van der Waals surface area contributed by atoms with Crippen LogP contribution in [0.5, 0.6) is 0 Å². The van der Waals surface area contributed by atoms with Crippen LogP contribution in [0.15, 0.2) is 0 Å². The van der Waals surface area contributed by atoms with Crippen LogP contribution in [-0.2, 0) is 43.2 Å². The van der Waals surface area contributed by atoms with E-state index in [1.165, 1.54) is 27.7 Å². The van der Waals surface area contributed by atoms with Crippen LogP contribution < -0.4 is 21.3 Å². The molecule has 0 aliphatic rings. The molecule has 4 amide bonds. The molecule has 5 atom stereocenters. The molecule has 0 aromatic carbocycles. The maximum atomic E-state index is 13.2. The fraction of sp³-hybridized carbons (Fsp3) is 0.757. The van der Waals surface area contributed by atoms with Gasteiger partial charge in [0.1, 0.15) is 29.4 Å². The molecule has 0 aliphatic heterocycles. The minimum atomic E-state index is -0.696. The van der Waals surface area contributed by atoms with Gasteiger partial charge in [-0.2, -0.15) is 0 Å². The first-order valence-corrected chi connectivity index (χ1v) is 18.1. The van der Waals surface area contributed by atoms with E-state index in [-0.39, 0.29) is 104 Å². The molecule has 5 unspecified atom stereocenters. The summed E-state index contributed by atoms with van der Waals surface area (Å²) in [5, 5.41) is 11.4. The van der Waals surface area contributed by atoms with E-state index in [0.29, 0.717) is 64.3 Å². The minimum Gasteiger partial charge on any atom is -0.356 e. The Balaban J connectivity index is 5.33. The molecule has 0 aromatic heterocycles. The van der Waals surface area contributed by atoms with E-state index >= 15 is 0 Å². The Hall–Kier alpha value is -3.77. The molecule has 13 nitrogen and oxygen atoms in total. The summed E-state index contributed by atoms with van der Waals surface area (Å²) in [7, 11) is 0. The SMILES string of the molecule is CC(=O)CCC(C)CC(=O)NC(CCC(=O)NC(CCC(C)=O)CC(C)=O)CC(=O)NC(CCCCNC(=O)CC(C)CCC=O)CC(C)=O. The van der Waals surface area contributed by atoms with Gasteiger partial charge in [-0.3, -0.25) is 28.8 Å². The van der Waals surface area contributed by atoms with Crippen molar-refractivity contribution in [3.05, 3.63) is 0 Å². The van der Waals surface area contributed by atoms with E-state index in [2.05, 4.69) is 21.3 Å². The standard InChI is InChI=1S/C37H62N4O9/c1-25(10-9-19-42)20-35(48)38-18-8-7-11-31(22-29(5)45)40-37(50)24-33(41-36(49)21-26(2)12-13-27(3)43)16-17-34(47)39-32(23-30(6)46)15-14-28(4)44/h19,25-26,31-33H,7-18,20-24H2,1-6H3,(H,38,48)(H,39,47)(H,40,50)(H,41,49). The van der Waals surface area contributed by atoms with Gasteiger partial charge in [0.2, 0.25) is 23.6 Å². The average Bonchev–Trinajstić information content (AvgIpc) is 2.99. The molecule has 0 saturated carbocycles. The monoisotopic (exact) mass is 706 g/mol. The molecule has 0 heterocycles. The second kappa shape index (κ2) is 27.0. The summed E-state index contributed by atoms with van der Waals surface area (Å²) in [6, 6.07) is -1.64. The van der Waals surface area contributed by atoms with Crippen LogP contribution in [0.2, 0.25) is 0 Å². The summed E-state index contributed by atoms with van der Waals surface area (Å²) in [6.45, 7) is 10.0. The Kier molecular flexibility index (Phi) is 25.0. The summed E-state index contributed by atoms with van der Waals surface area (Å²) in [5.41, 5.74) is 0. The van der Waals surface area contributed by atoms with Gasteiger partial charge in [-0.1, -0.05) is 13.8 Å². The highest BCUT2D eigenvalue weighted by Crippen LogP contribution is 2.14. The molecule has 284 valence electrons. The van der Waals surface area contributed by atoms with E-state index < -0.39 is 18.1 Å². The quantitative estimate of drug-likeness (QED) is 0.0636. The van der Waals surface area contributed by atoms with Crippen LogP contribution in [0.3, 0.4) is 0 Å². The van der Waals surface area contributed by atoms with Crippen LogP contribution in [-0.4, -0.2) is 77.7 Å². The van der Waals surface area contributed by atoms with Crippen molar-refractivity contribution in [2.45, 2.75) is 162 Å². The predicted molar refractivity (Wildman–Crippen MR) is 190 cm³/mol. The van der Waals surface area contributed by atoms with Gasteiger partial charge in [-0.05, 0) is 84.5 Å². The normalized spacial score (nSPS) is 13.9. The Morgan fingerprint density at radius 1 is 0.480 bits per heavy atom. The highest BCUT2D eigenvalue weighted by atomic mass is 16.2. The molecule has 50 heavy (non-hydrogen) atoms. The van der Waals surface area contributed by atoms with Gasteiger partial charge >= 0.3 is 0 Å². The minimum absolute atomic E-state index is 0.0334. The van der Waals surface area contributed by atoms with E-state index in [1.54, 1.807) is 0 Å². The lowest BCUT2D eigenvalue weighted by atomic mass is 9.99. The third kappa shape index (κ3) is 27.1. The zero-order valence-electron chi connectivity index (χ0n) is 31.2. The highest BCUT2D eigenvalue weighted by Gasteiger charge is 2.23. The fourth-order valence-corrected chi connectivity index (χ4v) is 5.60. The molecular formula is C37H62N4O9. The largest absolute Gasteiger partial charge is 0.356 e. The first-order chi connectivity index (χ1) is 23.5. The van der Waals surface area contributed by atoms with Crippen molar-refractivity contribution in [2.24, 2.45) is 11.8 Å². The molecule has 0 fully saturated rings.